The molecule has 0 saturated carbocycles. The maximum atomic E-state index is 10.5. The van der Waals surface area contributed by atoms with E-state index in [4.69, 9.17) is 9.79 Å². The van der Waals surface area contributed by atoms with Gasteiger partial charge in [-0.3, -0.25) is 4.57 Å². The van der Waals surface area contributed by atoms with Crippen LogP contribution in [0.3, 0.4) is 0 Å². The van der Waals surface area contributed by atoms with Crippen LogP contribution in [0.5, 0.6) is 0 Å². The number of carboxylic acids is 1. The van der Waals surface area contributed by atoms with Gasteiger partial charge in [-0.05, 0) is 0 Å². The second-order valence-electron chi connectivity index (χ2n) is 3.27. The Morgan fingerprint density at radius 2 is 1.92 bits per heavy atom. The van der Waals surface area contributed by atoms with Crippen LogP contribution in [0.1, 0.15) is 0 Å². The summed E-state index contributed by atoms with van der Waals surface area (Å²) in [7, 11) is -1.34. The van der Waals surface area contributed by atoms with Crippen LogP contribution in [0.25, 0.3) is 0 Å². The molecule has 0 heterocycles. The van der Waals surface area contributed by atoms with Crippen molar-refractivity contribution in [3.8, 4) is 0 Å². The van der Waals surface area contributed by atoms with E-state index in [1.165, 1.54) is 14.1 Å². The van der Waals surface area contributed by atoms with Gasteiger partial charge in [-0.25, -0.2) is 0 Å². The van der Waals surface area contributed by atoms with E-state index in [9.17, 15) is 14.5 Å². The van der Waals surface area contributed by atoms with Crippen LogP contribution in [-0.4, -0.2) is 47.2 Å². The van der Waals surface area contributed by atoms with Gasteiger partial charge in [0.25, 0.3) is 0 Å². The lowest BCUT2D eigenvalue weighted by molar-refractivity contribution is -0.874. The van der Waals surface area contributed by atoms with Crippen LogP contribution < -0.4 is 5.11 Å². The Labute approximate surface area is 70.2 Å². The number of hydrogen-bond donors (Lipinski definition) is 2. The number of likely N-dealkylation sites (N-methyl/N-ethyl adjacent to an activating group) is 1. The van der Waals surface area contributed by atoms with Crippen molar-refractivity contribution in [2.45, 2.75) is 0 Å². The van der Waals surface area contributed by atoms with Crippen molar-refractivity contribution in [1.82, 2.24) is 0 Å². The van der Waals surface area contributed by atoms with Gasteiger partial charge in [0.1, 0.15) is 6.54 Å². The fraction of sp³-hybridized carbons (Fsp3) is 0.800. The van der Waals surface area contributed by atoms with Crippen molar-refractivity contribution >= 4 is 13.6 Å². The Bertz CT molecular complexity index is 220. The molecular weight excluding hydrogens is 185 g/mol. The molecule has 0 aliphatic carbocycles. The Morgan fingerprint density at radius 3 is 2.17 bits per heavy atom. The van der Waals surface area contributed by atoms with Gasteiger partial charge in [-0.1, -0.05) is 0 Å². The maximum absolute atomic E-state index is 10.5. The molecule has 12 heavy (non-hydrogen) atoms. The van der Waals surface area contributed by atoms with Gasteiger partial charge < -0.3 is 24.2 Å². The fourth-order valence-corrected chi connectivity index (χ4v) is 2.00. The summed E-state index contributed by atoms with van der Waals surface area (Å²) >= 11 is 0. The first-order chi connectivity index (χ1) is 5.12. The van der Waals surface area contributed by atoms with Gasteiger partial charge in [-0.2, -0.15) is 0 Å². The summed E-state index contributed by atoms with van der Waals surface area (Å²) in [6, 6.07) is 0. The number of hydrogen-bond acceptors (Lipinski definition) is 3. The number of quaternary nitrogens is 1. The molecule has 0 amide bonds. The summed E-state index contributed by atoms with van der Waals surface area (Å²) in [6.45, 7) is -0.412. The van der Waals surface area contributed by atoms with Crippen LogP contribution in [0.2, 0.25) is 0 Å². The summed E-state index contributed by atoms with van der Waals surface area (Å²) in [5.74, 6) is -1.33. The second kappa shape index (κ2) is 3.53. The second-order valence-corrected chi connectivity index (χ2v) is 4.88. The van der Waals surface area contributed by atoms with Gasteiger partial charge in [0.05, 0.1) is 20.1 Å². The van der Waals surface area contributed by atoms with Crippen LogP contribution in [0, 0.1) is 0 Å². The molecule has 0 bridgehead atoms. The van der Waals surface area contributed by atoms with Crippen LogP contribution in [0.4, 0.5) is 0 Å². The van der Waals surface area contributed by atoms with Gasteiger partial charge in [0.2, 0.25) is 0 Å². The summed E-state index contributed by atoms with van der Waals surface area (Å²) in [6.07, 6.45) is -0.499. The largest absolute Gasteiger partial charge is 0.544 e. The Balaban J connectivity index is 4.23. The highest BCUT2D eigenvalue weighted by Crippen LogP contribution is 2.36. The van der Waals surface area contributed by atoms with Crippen molar-refractivity contribution in [3.63, 3.8) is 0 Å². The zero-order chi connectivity index (χ0) is 9.99. The van der Waals surface area contributed by atoms with Crippen molar-refractivity contribution in [1.29, 1.82) is 0 Å². The molecule has 0 aromatic rings. The van der Waals surface area contributed by atoms with Gasteiger partial charge in [-0.15, -0.1) is 0 Å². The zero-order valence-corrected chi connectivity index (χ0v) is 7.82. The smallest absolute Gasteiger partial charge is 0.379 e. The first-order valence-corrected chi connectivity index (χ1v) is 4.99. The molecule has 0 unspecified atom stereocenters. The molecule has 0 spiro atoms. The number of nitrogens with zero attached hydrogens (tertiary/aromatic N) is 1. The molecule has 0 fully saturated rings. The van der Waals surface area contributed by atoms with Gasteiger partial charge >= 0.3 is 7.60 Å². The Kier molecular flexibility index (Phi) is 3.41. The SMILES string of the molecule is C[N+](C)(CC(=O)[O-])CP(=O)(O)O. The fourth-order valence-electron chi connectivity index (χ4n) is 0.898. The van der Waals surface area contributed by atoms with Gasteiger partial charge in [0, 0.05) is 0 Å². The molecule has 6 nitrogen and oxygen atoms in total. The van der Waals surface area contributed by atoms with E-state index in [1.54, 1.807) is 0 Å². The van der Waals surface area contributed by atoms with Crippen LogP contribution >= 0.6 is 7.60 Å². The standard InChI is InChI=1S/C5H12NO5P/c1-6(2,3-5(7)8)4-12(9,10)11/h3-4H2,1-2H3,(H2-,7,8,9,10,11). The number of rotatable bonds is 4. The minimum Gasteiger partial charge on any atom is -0.544 e. The lowest BCUT2D eigenvalue weighted by Crippen LogP contribution is -2.48. The molecular formula is C5H12NO5P. The van der Waals surface area contributed by atoms with E-state index >= 15 is 0 Å². The summed E-state index contributed by atoms with van der Waals surface area (Å²) < 4.78 is 10.2. The summed E-state index contributed by atoms with van der Waals surface area (Å²) in [4.78, 5) is 27.2. The van der Waals surface area contributed by atoms with E-state index in [-0.39, 0.29) is 4.48 Å². The highest BCUT2D eigenvalue weighted by atomic mass is 31.2. The van der Waals surface area contributed by atoms with E-state index in [1.807, 2.05) is 0 Å². The molecule has 0 aliphatic heterocycles. The third-order valence-corrected chi connectivity index (χ3v) is 2.26. The quantitative estimate of drug-likeness (QED) is 0.399. The van der Waals surface area contributed by atoms with E-state index < -0.39 is 26.4 Å². The van der Waals surface area contributed by atoms with E-state index in [2.05, 4.69) is 0 Å². The number of carbonyl (C=O) groups is 1. The molecule has 0 saturated heterocycles. The Hall–Kier alpha value is -0.420. The monoisotopic (exact) mass is 197 g/mol. The number of carbonyl (C=O) groups excluding carboxylic acids is 1. The highest BCUT2D eigenvalue weighted by molar-refractivity contribution is 7.51. The molecule has 0 radical (unpaired) electrons. The first-order valence-electron chi connectivity index (χ1n) is 3.19. The predicted molar refractivity (Wildman–Crippen MR) is 38.9 cm³/mol. The summed E-state index contributed by atoms with van der Waals surface area (Å²) in [5.41, 5.74) is 0. The first kappa shape index (κ1) is 11.6. The van der Waals surface area contributed by atoms with Crippen molar-refractivity contribution in [3.05, 3.63) is 0 Å². The normalized spacial score (nSPS) is 13.0. The number of carboxylic acid groups (broad SMARTS) is 1. The van der Waals surface area contributed by atoms with E-state index in [0.717, 1.165) is 0 Å². The minimum absolute atomic E-state index is 0.285. The minimum atomic E-state index is -4.16. The van der Waals surface area contributed by atoms with Crippen LogP contribution in [0.15, 0.2) is 0 Å². The van der Waals surface area contributed by atoms with Crippen LogP contribution in [-0.2, 0) is 9.36 Å². The molecule has 0 aromatic heterocycles. The maximum Gasteiger partial charge on any atom is 0.379 e. The molecule has 2 N–H and O–H groups in total. The van der Waals surface area contributed by atoms with Gasteiger partial charge in [0.15, 0.2) is 6.29 Å². The highest BCUT2D eigenvalue weighted by Gasteiger charge is 2.27. The molecule has 7 heteroatoms. The lowest BCUT2D eigenvalue weighted by atomic mass is 10.5. The zero-order valence-electron chi connectivity index (χ0n) is 6.93. The number of aliphatic carboxylic acids is 1. The third-order valence-electron chi connectivity index (χ3n) is 1.12. The predicted octanol–water partition coefficient (Wildman–Crippen LogP) is -2.05. The van der Waals surface area contributed by atoms with Crippen molar-refractivity contribution in [2.75, 3.05) is 26.9 Å². The van der Waals surface area contributed by atoms with E-state index in [0.29, 0.717) is 0 Å². The van der Waals surface area contributed by atoms with Crippen molar-refractivity contribution < 1.29 is 28.7 Å². The molecule has 0 aliphatic rings. The summed E-state index contributed by atoms with van der Waals surface area (Å²) in [5, 5.41) is 10.1. The molecule has 0 atom stereocenters. The average Bonchev–Trinajstić information content (AvgIpc) is 1.48. The topological polar surface area (TPSA) is 97.7 Å². The van der Waals surface area contributed by atoms with Crippen molar-refractivity contribution in [2.24, 2.45) is 0 Å². The molecule has 0 aromatic carbocycles. The average molecular weight is 197 g/mol. The molecule has 0 rings (SSSR count). The lowest BCUT2D eigenvalue weighted by Gasteiger charge is -2.29. The third kappa shape index (κ3) is 6.30. The Morgan fingerprint density at radius 1 is 1.50 bits per heavy atom. The molecule has 72 valence electrons.